The van der Waals surface area contributed by atoms with E-state index in [0.717, 1.165) is 12.1 Å². The maximum atomic E-state index is 13.4. The first-order valence-electron chi connectivity index (χ1n) is 6.34. The number of aliphatic hydroxyl groups excluding tert-OH is 1. The molecule has 1 atom stereocenters. The van der Waals surface area contributed by atoms with Gasteiger partial charge in [0.25, 0.3) is 0 Å². The molecule has 1 saturated heterocycles. The van der Waals surface area contributed by atoms with Crippen LogP contribution in [0.4, 0.5) is 4.39 Å². The van der Waals surface area contributed by atoms with Crippen LogP contribution in [0.15, 0.2) is 18.2 Å². The predicted octanol–water partition coefficient (Wildman–Crippen LogP) is 2.45. The molecule has 1 aliphatic heterocycles. The first-order chi connectivity index (χ1) is 8.89. The molecule has 0 spiro atoms. The zero-order valence-corrected chi connectivity index (χ0v) is 12.0. The number of aliphatic hydroxyl groups is 1. The van der Waals surface area contributed by atoms with Gasteiger partial charge in [-0.3, -0.25) is 4.90 Å². The highest BCUT2D eigenvalue weighted by Crippen LogP contribution is 2.23. The van der Waals surface area contributed by atoms with E-state index < -0.39 is 5.82 Å². The van der Waals surface area contributed by atoms with E-state index in [1.54, 1.807) is 6.07 Å². The summed E-state index contributed by atoms with van der Waals surface area (Å²) in [4.78, 5) is 2.16. The van der Waals surface area contributed by atoms with E-state index in [2.05, 4.69) is 4.90 Å². The lowest BCUT2D eigenvalue weighted by Gasteiger charge is -2.42. The summed E-state index contributed by atoms with van der Waals surface area (Å²) < 4.78 is 19.2. The van der Waals surface area contributed by atoms with E-state index in [0.29, 0.717) is 13.1 Å². The monoisotopic (exact) mass is 287 g/mol. The van der Waals surface area contributed by atoms with E-state index in [-0.39, 0.29) is 23.3 Å². The molecule has 1 aromatic carbocycles. The van der Waals surface area contributed by atoms with Gasteiger partial charge in [-0.05, 0) is 31.5 Å². The predicted molar refractivity (Wildman–Crippen MR) is 72.7 cm³/mol. The van der Waals surface area contributed by atoms with Gasteiger partial charge < -0.3 is 9.84 Å². The van der Waals surface area contributed by atoms with E-state index in [4.69, 9.17) is 16.3 Å². The largest absolute Gasteiger partial charge is 0.394 e. The van der Waals surface area contributed by atoms with Gasteiger partial charge in [0.05, 0.1) is 23.3 Å². The summed E-state index contributed by atoms with van der Waals surface area (Å²) in [6.45, 7) is 5.98. The molecule has 19 heavy (non-hydrogen) atoms. The van der Waals surface area contributed by atoms with Crippen molar-refractivity contribution < 1.29 is 14.2 Å². The van der Waals surface area contributed by atoms with Crippen molar-refractivity contribution in [2.45, 2.75) is 32.1 Å². The number of nitrogens with zero attached hydrogens (tertiary/aromatic N) is 1. The lowest BCUT2D eigenvalue weighted by Crippen LogP contribution is -2.53. The molecule has 0 saturated carbocycles. The number of benzene rings is 1. The van der Waals surface area contributed by atoms with Crippen LogP contribution in [0.2, 0.25) is 5.02 Å². The molecule has 1 aromatic rings. The standard InChI is InChI=1S/C14H19ClFNO2/c1-14(2)9-17(7-11(8-18)19-14)6-10-3-4-12(15)13(16)5-10/h3-5,11,18H,6-9H2,1-2H3. The van der Waals surface area contributed by atoms with Gasteiger partial charge in [-0.15, -0.1) is 0 Å². The van der Waals surface area contributed by atoms with E-state index in [1.807, 2.05) is 19.9 Å². The molecule has 106 valence electrons. The highest BCUT2D eigenvalue weighted by atomic mass is 35.5. The molecule has 2 rings (SSSR count). The second-order valence-electron chi connectivity index (χ2n) is 5.60. The molecule has 5 heteroatoms. The Kier molecular flexibility index (Phi) is 4.46. The fourth-order valence-electron chi connectivity index (χ4n) is 2.53. The highest BCUT2D eigenvalue weighted by Gasteiger charge is 2.32. The van der Waals surface area contributed by atoms with Crippen molar-refractivity contribution in [2.75, 3.05) is 19.7 Å². The van der Waals surface area contributed by atoms with Crippen molar-refractivity contribution in [3.63, 3.8) is 0 Å². The minimum atomic E-state index is -0.398. The topological polar surface area (TPSA) is 32.7 Å². The summed E-state index contributed by atoms with van der Waals surface area (Å²) in [5.74, 6) is -0.398. The second kappa shape index (κ2) is 5.75. The Morgan fingerprint density at radius 3 is 2.89 bits per heavy atom. The molecule has 1 unspecified atom stereocenters. The summed E-state index contributed by atoms with van der Waals surface area (Å²) in [6.07, 6.45) is -0.194. The Morgan fingerprint density at radius 2 is 2.26 bits per heavy atom. The van der Waals surface area contributed by atoms with E-state index >= 15 is 0 Å². The first kappa shape index (κ1) is 14.7. The average molecular weight is 288 g/mol. The quantitative estimate of drug-likeness (QED) is 0.927. The average Bonchev–Trinajstić information content (AvgIpc) is 2.32. The third-order valence-corrected chi connectivity index (χ3v) is 3.45. The molecular weight excluding hydrogens is 269 g/mol. The van der Waals surface area contributed by atoms with E-state index in [1.165, 1.54) is 6.07 Å². The molecule has 3 nitrogen and oxygen atoms in total. The summed E-state index contributed by atoms with van der Waals surface area (Å²) in [7, 11) is 0. The lowest BCUT2D eigenvalue weighted by molar-refractivity contribution is -0.150. The smallest absolute Gasteiger partial charge is 0.142 e. The third kappa shape index (κ3) is 3.89. The van der Waals surface area contributed by atoms with E-state index in [9.17, 15) is 9.50 Å². The fourth-order valence-corrected chi connectivity index (χ4v) is 2.65. The number of morpholine rings is 1. The Hall–Kier alpha value is -0.680. The first-order valence-corrected chi connectivity index (χ1v) is 6.72. The van der Waals surface area contributed by atoms with Gasteiger partial charge in [0.2, 0.25) is 0 Å². The molecule has 0 amide bonds. The summed E-state index contributed by atoms with van der Waals surface area (Å²) in [6, 6.07) is 4.85. The number of hydrogen-bond acceptors (Lipinski definition) is 3. The van der Waals surface area contributed by atoms with Crippen molar-refractivity contribution in [3.8, 4) is 0 Å². The molecule has 1 N–H and O–H groups in total. The van der Waals surface area contributed by atoms with Crippen LogP contribution in [0.5, 0.6) is 0 Å². The molecule has 1 fully saturated rings. The van der Waals surface area contributed by atoms with Crippen LogP contribution in [0, 0.1) is 5.82 Å². The minimum Gasteiger partial charge on any atom is -0.394 e. The minimum absolute atomic E-state index is 0.00505. The van der Waals surface area contributed by atoms with Gasteiger partial charge in [0, 0.05) is 19.6 Å². The van der Waals surface area contributed by atoms with Crippen LogP contribution in [0.3, 0.4) is 0 Å². The Bertz CT molecular complexity index is 453. The van der Waals surface area contributed by atoms with Gasteiger partial charge in [-0.2, -0.15) is 0 Å². The van der Waals surface area contributed by atoms with Crippen LogP contribution in [-0.4, -0.2) is 41.4 Å². The number of rotatable bonds is 3. The molecular formula is C14H19ClFNO2. The second-order valence-corrected chi connectivity index (χ2v) is 6.01. The maximum Gasteiger partial charge on any atom is 0.142 e. The van der Waals surface area contributed by atoms with Crippen LogP contribution in [0.25, 0.3) is 0 Å². The molecule has 0 aromatic heterocycles. The number of halogens is 2. The van der Waals surface area contributed by atoms with Crippen molar-refractivity contribution in [1.29, 1.82) is 0 Å². The highest BCUT2D eigenvalue weighted by molar-refractivity contribution is 6.30. The fraction of sp³-hybridized carbons (Fsp3) is 0.571. The Balaban J connectivity index is 2.07. The maximum absolute atomic E-state index is 13.4. The van der Waals surface area contributed by atoms with Crippen LogP contribution < -0.4 is 0 Å². The van der Waals surface area contributed by atoms with Crippen molar-refractivity contribution >= 4 is 11.6 Å². The van der Waals surface area contributed by atoms with Crippen LogP contribution in [0.1, 0.15) is 19.4 Å². The Morgan fingerprint density at radius 1 is 1.53 bits per heavy atom. The van der Waals surface area contributed by atoms with Crippen molar-refractivity contribution in [2.24, 2.45) is 0 Å². The molecule has 0 radical (unpaired) electrons. The summed E-state index contributed by atoms with van der Waals surface area (Å²) >= 11 is 5.67. The Labute approximate surface area is 117 Å². The summed E-state index contributed by atoms with van der Waals surface area (Å²) in [5.41, 5.74) is 0.563. The normalized spacial score (nSPS) is 23.5. The van der Waals surface area contributed by atoms with Gasteiger partial charge in [-0.1, -0.05) is 17.7 Å². The van der Waals surface area contributed by atoms with Gasteiger partial charge in [0.1, 0.15) is 5.82 Å². The van der Waals surface area contributed by atoms with Crippen molar-refractivity contribution in [1.82, 2.24) is 4.90 Å². The third-order valence-electron chi connectivity index (χ3n) is 3.15. The van der Waals surface area contributed by atoms with Crippen LogP contribution >= 0.6 is 11.6 Å². The molecule has 1 heterocycles. The zero-order chi connectivity index (χ0) is 14.0. The molecule has 0 aliphatic carbocycles. The number of ether oxygens (including phenoxy) is 1. The zero-order valence-electron chi connectivity index (χ0n) is 11.2. The number of hydrogen-bond donors (Lipinski definition) is 1. The SMILES string of the molecule is CC1(C)CN(Cc2ccc(Cl)c(F)c2)CC(CO)O1. The lowest BCUT2D eigenvalue weighted by atomic mass is 10.0. The van der Waals surface area contributed by atoms with Crippen molar-refractivity contribution in [3.05, 3.63) is 34.6 Å². The van der Waals surface area contributed by atoms with Gasteiger partial charge >= 0.3 is 0 Å². The molecule has 0 bridgehead atoms. The molecule has 1 aliphatic rings. The van der Waals surface area contributed by atoms with Crippen LogP contribution in [-0.2, 0) is 11.3 Å². The van der Waals surface area contributed by atoms with Gasteiger partial charge in [0.15, 0.2) is 0 Å². The summed E-state index contributed by atoms with van der Waals surface area (Å²) in [5, 5.41) is 9.40. The van der Waals surface area contributed by atoms with Gasteiger partial charge in [-0.25, -0.2) is 4.39 Å².